The number of unbranched alkanes of at least 4 members (excludes halogenated alkanes) is 2. The van der Waals surface area contributed by atoms with Gasteiger partial charge in [0, 0.05) is 19.5 Å². The Balaban J connectivity index is 2.31. The maximum absolute atomic E-state index is 12.2. The summed E-state index contributed by atoms with van der Waals surface area (Å²) in [6.45, 7) is 1.20. The van der Waals surface area contributed by atoms with Crippen LogP contribution in [0, 0.1) is 17.8 Å². The fraction of sp³-hybridized carbons (Fsp3) is 0.786. The van der Waals surface area contributed by atoms with Crippen LogP contribution in [0.4, 0.5) is 0 Å². The molecule has 1 saturated carbocycles. The zero-order valence-corrected chi connectivity index (χ0v) is 10.6. The topological polar surface area (TPSA) is 55.1 Å². The number of carbonyl (C=O) groups excluding carboxylic acids is 1. The summed E-state index contributed by atoms with van der Waals surface area (Å²) in [7, 11) is 0. The van der Waals surface area contributed by atoms with Gasteiger partial charge in [-0.25, -0.2) is 0 Å². The van der Waals surface area contributed by atoms with E-state index in [2.05, 4.69) is 11.2 Å². The summed E-state index contributed by atoms with van der Waals surface area (Å²) in [5.74, 6) is 2.76. The van der Waals surface area contributed by atoms with E-state index in [1.807, 2.05) is 0 Å². The molecule has 0 spiro atoms. The van der Waals surface area contributed by atoms with E-state index < -0.39 is 0 Å². The molecule has 17 heavy (non-hydrogen) atoms. The SMILES string of the molecule is C#CCCCCNC(=O)C1(CN)CCCCC1. The largest absolute Gasteiger partial charge is 0.356 e. The van der Waals surface area contributed by atoms with E-state index in [9.17, 15) is 4.79 Å². The summed E-state index contributed by atoms with van der Waals surface area (Å²) >= 11 is 0. The molecule has 0 saturated heterocycles. The molecule has 3 N–H and O–H groups in total. The molecule has 1 aliphatic rings. The highest BCUT2D eigenvalue weighted by atomic mass is 16.2. The van der Waals surface area contributed by atoms with E-state index >= 15 is 0 Å². The van der Waals surface area contributed by atoms with Crippen molar-refractivity contribution in [2.45, 2.75) is 51.4 Å². The van der Waals surface area contributed by atoms with Gasteiger partial charge < -0.3 is 11.1 Å². The predicted molar refractivity (Wildman–Crippen MR) is 70.3 cm³/mol. The van der Waals surface area contributed by atoms with Crippen LogP contribution in [-0.4, -0.2) is 19.0 Å². The summed E-state index contributed by atoms with van der Waals surface area (Å²) in [5, 5.41) is 3.02. The van der Waals surface area contributed by atoms with Crippen molar-refractivity contribution in [3.8, 4) is 12.3 Å². The predicted octanol–water partition coefficient (Wildman–Crippen LogP) is 1.82. The third-order valence-electron chi connectivity index (χ3n) is 3.72. The number of nitrogens with one attached hydrogen (secondary N) is 1. The van der Waals surface area contributed by atoms with Crippen molar-refractivity contribution in [1.82, 2.24) is 5.32 Å². The van der Waals surface area contributed by atoms with E-state index in [0.717, 1.165) is 51.5 Å². The van der Waals surface area contributed by atoms with Crippen LogP contribution in [0.2, 0.25) is 0 Å². The van der Waals surface area contributed by atoms with Gasteiger partial charge >= 0.3 is 0 Å². The van der Waals surface area contributed by atoms with E-state index in [1.54, 1.807) is 0 Å². The second kappa shape index (κ2) is 7.34. The molecule has 0 aromatic heterocycles. The molecule has 0 aliphatic heterocycles. The van der Waals surface area contributed by atoms with Crippen molar-refractivity contribution in [3.05, 3.63) is 0 Å². The van der Waals surface area contributed by atoms with Crippen LogP contribution in [0.25, 0.3) is 0 Å². The van der Waals surface area contributed by atoms with Gasteiger partial charge in [-0.2, -0.15) is 0 Å². The summed E-state index contributed by atoms with van der Waals surface area (Å²) in [4.78, 5) is 12.2. The molecule has 0 aromatic rings. The van der Waals surface area contributed by atoms with Gasteiger partial charge in [0.05, 0.1) is 5.41 Å². The molecule has 1 aliphatic carbocycles. The van der Waals surface area contributed by atoms with E-state index in [-0.39, 0.29) is 11.3 Å². The molecular formula is C14H24N2O. The van der Waals surface area contributed by atoms with Crippen LogP contribution < -0.4 is 11.1 Å². The van der Waals surface area contributed by atoms with Gasteiger partial charge in [0.1, 0.15) is 0 Å². The second-order valence-corrected chi connectivity index (χ2v) is 4.96. The van der Waals surface area contributed by atoms with Gasteiger partial charge in [0.25, 0.3) is 0 Å². The lowest BCUT2D eigenvalue weighted by Crippen LogP contribution is -2.47. The van der Waals surface area contributed by atoms with Gasteiger partial charge in [-0.1, -0.05) is 19.3 Å². The van der Waals surface area contributed by atoms with Crippen molar-refractivity contribution in [2.75, 3.05) is 13.1 Å². The number of nitrogens with two attached hydrogens (primary N) is 1. The van der Waals surface area contributed by atoms with Crippen LogP contribution in [0.5, 0.6) is 0 Å². The molecule has 0 heterocycles. The Labute approximate surface area is 105 Å². The van der Waals surface area contributed by atoms with E-state index in [1.165, 1.54) is 6.42 Å². The molecule has 96 valence electrons. The number of rotatable bonds is 6. The molecule has 0 radical (unpaired) electrons. The van der Waals surface area contributed by atoms with Crippen molar-refractivity contribution >= 4 is 5.91 Å². The lowest BCUT2D eigenvalue weighted by atomic mass is 9.73. The third kappa shape index (κ3) is 4.05. The Bertz CT molecular complexity index is 274. The number of carbonyl (C=O) groups is 1. The minimum atomic E-state index is -0.287. The number of terminal acetylenes is 1. The summed E-state index contributed by atoms with van der Waals surface area (Å²) in [6.07, 6.45) is 13.3. The first-order valence-corrected chi connectivity index (χ1v) is 6.67. The monoisotopic (exact) mass is 236 g/mol. The standard InChI is InChI=1S/C14H24N2O/c1-2-3-4-8-11-16-13(17)14(12-15)9-6-5-7-10-14/h1H,3-12,15H2,(H,16,17). The normalized spacial score (nSPS) is 18.4. The van der Waals surface area contributed by atoms with E-state index in [4.69, 9.17) is 12.2 Å². The van der Waals surface area contributed by atoms with Crippen LogP contribution >= 0.6 is 0 Å². The summed E-state index contributed by atoms with van der Waals surface area (Å²) in [5.41, 5.74) is 5.52. The average Bonchev–Trinajstić information content (AvgIpc) is 2.39. The maximum atomic E-state index is 12.2. The van der Waals surface area contributed by atoms with Crippen molar-refractivity contribution in [1.29, 1.82) is 0 Å². The van der Waals surface area contributed by atoms with Crippen molar-refractivity contribution in [2.24, 2.45) is 11.1 Å². The van der Waals surface area contributed by atoms with Crippen LogP contribution in [0.1, 0.15) is 51.4 Å². The molecule has 0 aromatic carbocycles. The molecule has 1 amide bonds. The molecular weight excluding hydrogens is 212 g/mol. The maximum Gasteiger partial charge on any atom is 0.227 e. The average molecular weight is 236 g/mol. The molecule has 3 heteroatoms. The number of hydrogen-bond donors (Lipinski definition) is 2. The lowest BCUT2D eigenvalue weighted by molar-refractivity contribution is -0.132. The number of amides is 1. The molecule has 0 unspecified atom stereocenters. The smallest absolute Gasteiger partial charge is 0.227 e. The Kier molecular flexibility index (Phi) is 6.07. The quantitative estimate of drug-likeness (QED) is 0.546. The summed E-state index contributed by atoms with van der Waals surface area (Å²) < 4.78 is 0. The molecule has 1 rings (SSSR count). The van der Waals surface area contributed by atoms with Crippen LogP contribution in [0.3, 0.4) is 0 Å². The second-order valence-electron chi connectivity index (χ2n) is 4.96. The zero-order chi connectivity index (χ0) is 12.6. The first kappa shape index (κ1) is 14.1. The Hall–Kier alpha value is -1.01. The first-order chi connectivity index (χ1) is 8.25. The fourth-order valence-electron chi connectivity index (χ4n) is 2.49. The van der Waals surface area contributed by atoms with Crippen LogP contribution in [-0.2, 0) is 4.79 Å². The first-order valence-electron chi connectivity index (χ1n) is 6.67. The third-order valence-corrected chi connectivity index (χ3v) is 3.72. The van der Waals surface area contributed by atoms with E-state index in [0.29, 0.717) is 6.54 Å². The molecule has 3 nitrogen and oxygen atoms in total. The highest BCUT2D eigenvalue weighted by Crippen LogP contribution is 2.35. The minimum Gasteiger partial charge on any atom is -0.356 e. The highest BCUT2D eigenvalue weighted by molar-refractivity contribution is 5.82. The summed E-state index contributed by atoms with van der Waals surface area (Å²) in [6, 6.07) is 0. The highest BCUT2D eigenvalue weighted by Gasteiger charge is 2.37. The van der Waals surface area contributed by atoms with Crippen LogP contribution in [0.15, 0.2) is 0 Å². The fourth-order valence-corrected chi connectivity index (χ4v) is 2.49. The van der Waals surface area contributed by atoms with Gasteiger partial charge in [-0.05, 0) is 25.7 Å². The Morgan fingerprint density at radius 1 is 1.29 bits per heavy atom. The van der Waals surface area contributed by atoms with Gasteiger partial charge in [-0.15, -0.1) is 12.3 Å². The molecule has 0 atom stereocenters. The van der Waals surface area contributed by atoms with Gasteiger partial charge in [0.15, 0.2) is 0 Å². The van der Waals surface area contributed by atoms with Crippen molar-refractivity contribution < 1.29 is 4.79 Å². The number of hydrogen-bond acceptors (Lipinski definition) is 2. The lowest BCUT2D eigenvalue weighted by Gasteiger charge is -2.34. The Morgan fingerprint density at radius 3 is 2.59 bits per heavy atom. The molecule has 0 bridgehead atoms. The Morgan fingerprint density at radius 2 is 2.00 bits per heavy atom. The zero-order valence-electron chi connectivity index (χ0n) is 10.6. The van der Waals surface area contributed by atoms with Gasteiger partial charge in [0.2, 0.25) is 5.91 Å². The van der Waals surface area contributed by atoms with Crippen molar-refractivity contribution in [3.63, 3.8) is 0 Å². The van der Waals surface area contributed by atoms with Gasteiger partial charge in [-0.3, -0.25) is 4.79 Å². The molecule has 1 fully saturated rings. The minimum absolute atomic E-state index is 0.153.